The third-order valence-corrected chi connectivity index (χ3v) is 2.67. The molecule has 0 aromatic rings. The number of carbonyl (C=O) groups excluding carboxylic acids is 1. The minimum absolute atomic E-state index is 0.0236. The number of nitrogens with two attached hydrogens (primary N) is 1. The summed E-state index contributed by atoms with van der Waals surface area (Å²) < 4.78 is 0. The van der Waals surface area contributed by atoms with E-state index in [1.807, 2.05) is 25.8 Å². The first-order chi connectivity index (χ1) is 7.52. The number of rotatable bonds is 5. The van der Waals surface area contributed by atoms with E-state index in [9.17, 15) is 4.79 Å². The van der Waals surface area contributed by atoms with E-state index in [0.29, 0.717) is 25.1 Å². The molecule has 0 heterocycles. The van der Waals surface area contributed by atoms with E-state index in [1.54, 1.807) is 0 Å². The second-order valence-electron chi connectivity index (χ2n) is 4.53. The molecule has 1 rings (SSSR count). The van der Waals surface area contributed by atoms with Crippen molar-refractivity contribution >= 4 is 11.9 Å². The molecular weight excluding hydrogens is 204 g/mol. The second-order valence-corrected chi connectivity index (χ2v) is 4.53. The molecular formula is C11H22N4O. The van der Waals surface area contributed by atoms with Gasteiger partial charge in [-0.25, -0.2) is 0 Å². The molecule has 0 aromatic heterocycles. The van der Waals surface area contributed by atoms with Gasteiger partial charge in [-0.15, -0.1) is 0 Å². The summed E-state index contributed by atoms with van der Waals surface area (Å²) in [6.07, 6.45) is 2.41. The highest BCUT2D eigenvalue weighted by Gasteiger charge is 2.27. The van der Waals surface area contributed by atoms with Crippen LogP contribution >= 0.6 is 0 Å². The summed E-state index contributed by atoms with van der Waals surface area (Å²) >= 11 is 0. The third kappa shape index (κ3) is 4.08. The minimum atomic E-state index is 0.0236. The van der Waals surface area contributed by atoms with Crippen LogP contribution in [-0.4, -0.2) is 42.9 Å². The average molecular weight is 226 g/mol. The topological polar surface area (TPSA) is 70.7 Å². The van der Waals surface area contributed by atoms with Gasteiger partial charge in [-0.3, -0.25) is 9.79 Å². The first-order valence-corrected chi connectivity index (χ1v) is 5.83. The number of hydrogen-bond donors (Lipinski definition) is 2. The maximum atomic E-state index is 11.2. The van der Waals surface area contributed by atoms with E-state index in [4.69, 9.17) is 5.73 Å². The van der Waals surface area contributed by atoms with Gasteiger partial charge in [0.1, 0.15) is 0 Å². The molecule has 3 N–H and O–H groups in total. The van der Waals surface area contributed by atoms with Crippen molar-refractivity contribution in [2.45, 2.75) is 32.7 Å². The number of amides is 1. The van der Waals surface area contributed by atoms with Crippen molar-refractivity contribution in [2.75, 3.05) is 20.1 Å². The lowest BCUT2D eigenvalue weighted by Gasteiger charge is -2.16. The zero-order valence-corrected chi connectivity index (χ0v) is 10.4. The number of carbonyl (C=O) groups is 1. The van der Waals surface area contributed by atoms with Crippen molar-refractivity contribution in [1.29, 1.82) is 0 Å². The Morgan fingerprint density at radius 3 is 2.69 bits per heavy atom. The Kier molecular flexibility index (Phi) is 4.58. The first-order valence-electron chi connectivity index (χ1n) is 5.83. The molecule has 0 atom stereocenters. The van der Waals surface area contributed by atoms with Crippen LogP contribution in [0.15, 0.2) is 4.99 Å². The summed E-state index contributed by atoms with van der Waals surface area (Å²) in [4.78, 5) is 17.5. The van der Waals surface area contributed by atoms with Crippen LogP contribution in [0.5, 0.6) is 0 Å². The molecule has 1 aliphatic carbocycles. The Morgan fingerprint density at radius 2 is 2.19 bits per heavy atom. The zero-order valence-electron chi connectivity index (χ0n) is 10.4. The van der Waals surface area contributed by atoms with Crippen LogP contribution in [-0.2, 0) is 4.79 Å². The molecule has 5 nitrogen and oxygen atoms in total. The van der Waals surface area contributed by atoms with E-state index in [2.05, 4.69) is 10.3 Å². The molecule has 0 bridgehead atoms. The smallest absolute Gasteiger partial charge is 0.222 e. The van der Waals surface area contributed by atoms with Crippen LogP contribution in [0.4, 0.5) is 0 Å². The van der Waals surface area contributed by atoms with Crippen molar-refractivity contribution in [3.05, 3.63) is 0 Å². The van der Waals surface area contributed by atoms with Gasteiger partial charge in [0.05, 0.1) is 6.54 Å². The van der Waals surface area contributed by atoms with Gasteiger partial charge in [0.25, 0.3) is 0 Å². The molecule has 0 aromatic carbocycles. The Hall–Kier alpha value is -1.26. The molecule has 5 heteroatoms. The molecule has 92 valence electrons. The summed E-state index contributed by atoms with van der Waals surface area (Å²) in [5.41, 5.74) is 5.80. The monoisotopic (exact) mass is 226 g/mol. The Bertz CT molecular complexity index is 271. The second kappa shape index (κ2) is 5.72. The zero-order chi connectivity index (χ0) is 12.1. The molecule has 0 saturated heterocycles. The van der Waals surface area contributed by atoms with E-state index in [-0.39, 0.29) is 11.8 Å². The summed E-state index contributed by atoms with van der Waals surface area (Å²) in [6, 6.07) is 0.578. The number of nitrogens with one attached hydrogen (secondary N) is 1. The molecule has 1 fully saturated rings. The van der Waals surface area contributed by atoms with Crippen LogP contribution in [0.1, 0.15) is 26.7 Å². The summed E-state index contributed by atoms with van der Waals surface area (Å²) in [5, 5.41) is 2.80. The highest BCUT2D eigenvalue weighted by atomic mass is 16.1. The van der Waals surface area contributed by atoms with Crippen molar-refractivity contribution < 1.29 is 4.79 Å². The summed E-state index contributed by atoms with van der Waals surface area (Å²) in [7, 11) is 1.96. The van der Waals surface area contributed by atoms with Gasteiger partial charge < -0.3 is 16.0 Å². The fourth-order valence-corrected chi connectivity index (χ4v) is 1.31. The standard InChI is InChI=1S/C11H22N4O/c1-8(2)10(16)13-6-7-14-11(12)15(3)9-4-5-9/h8-9H,4-7H2,1-3H3,(H2,12,14)(H,13,16). The van der Waals surface area contributed by atoms with Gasteiger partial charge in [-0.2, -0.15) is 0 Å². The lowest BCUT2D eigenvalue weighted by atomic mass is 10.2. The lowest BCUT2D eigenvalue weighted by molar-refractivity contribution is -0.123. The number of hydrogen-bond acceptors (Lipinski definition) is 2. The van der Waals surface area contributed by atoms with Gasteiger partial charge in [-0.1, -0.05) is 13.8 Å². The van der Waals surface area contributed by atoms with Gasteiger partial charge in [-0.05, 0) is 12.8 Å². The predicted octanol–water partition coefficient (Wildman–Crippen LogP) is 0.168. The highest BCUT2D eigenvalue weighted by molar-refractivity contribution is 5.79. The van der Waals surface area contributed by atoms with Gasteiger partial charge in [0.15, 0.2) is 5.96 Å². The molecule has 16 heavy (non-hydrogen) atoms. The van der Waals surface area contributed by atoms with Crippen LogP contribution in [0.2, 0.25) is 0 Å². The van der Waals surface area contributed by atoms with Crippen LogP contribution < -0.4 is 11.1 Å². The fourth-order valence-electron chi connectivity index (χ4n) is 1.31. The van der Waals surface area contributed by atoms with E-state index >= 15 is 0 Å². The largest absolute Gasteiger partial charge is 0.370 e. The summed E-state index contributed by atoms with van der Waals surface area (Å²) in [6.45, 7) is 4.83. The molecule has 1 saturated carbocycles. The molecule has 0 spiro atoms. The highest BCUT2D eigenvalue weighted by Crippen LogP contribution is 2.24. The molecule has 0 radical (unpaired) electrons. The number of nitrogens with zero attached hydrogens (tertiary/aromatic N) is 2. The molecule has 1 amide bonds. The maximum absolute atomic E-state index is 11.2. The third-order valence-electron chi connectivity index (χ3n) is 2.67. The maximum Gasteiger partial charge on any atom is 0.222 e. The quantitative estimate of drug-likeness (QED) is 0.399. The van der Waals surface area contributed by atoms with Crippen LogP contribution in [0.25, 0.3) is 0 Å². The van der Waals surface area contributed by atoms with Crippen molar-refractivity contribution in [2.24, 2.45) is 16.6 Å². The number of guanidine groups is 1. The van der Waals surface area contributed by atoms with Crippen LogP contribution in [0.3, 0.4) is 0 Å². The normalized spacial score (nSPS) is 16.4. The Morgan fingerprint density at radius 1 is 1.56 bits per heavy atom. The average Bonchev–Trinajstić information content (AvgIpc) is 3.06. The van der Waals surface area contributed by atoms with Crippen LogP contribution in [0, 0.1) is 5.92 Å². The molecule has 0 unspecified atom stereocenters. The van der Waals surface area contributed by atoms with E-state index < -0.39 is 0 Å². The van der Waals surface area contributed by atoms with E-state index in [1.165, 1.54) is 12.8 Å². The summed E-state index contributed by atoms with van der Waals surface area (Å²) in [5.74, 6) is 0.654. The van der Waals surface area contributed by atoms with Gasteiger partial charge in [0, 0.05) is 25.6 Å². The predicted molar refractivity (Wildman–Crippen MR) is 65.1 cm³/mol. The number of aliphatic imine (C=N–C) groups is 1. The van der Waals surface area contributed by atoms with Gasteiger partial charge >= 0.3 is 0 Å². The minimum Gasteiger partial charge on any atom is -0.370 e. The SMILES string of the molecule is CC(C)C(=O)NCCN=C(N)N(C)C1CC1. The fraction of sp³-hybridized carbons (Fsp3) is 0.818. The van der Waals surface area contributed by atoms with Gasteiger partial charge in [0.2, 0.25) is 5.91 Å². The van der Waals surface area contributed by atoms with E-state index in [0.717, 1.165) is 0 Å². The molecule has 0 aliphatic heterocycles. The lowest BCUT2D eigenvalue weighted by Crippen LogP contribution is -2.36. The molecule has 1 aliphatic rings. The Labute approximate surface area is 97.1 Å². The van der Waals surface area contributed by atoms with Crippen molar-refractivity contribution in [3.63, 3.8) is 0 Å². The van der Waals surface area contributed by atoms with Crippen molar-refractivity contribution in [3.8, 4) is 0 Å². The first kappa shape index (κ1) is 12.8. The van der Waals surface area contributed by atoms with Crippen molar-refractivity contribution in [1.82, 2.24) is 10.2 Å². The Balaban J connectivity index is 2.17.